The Morgan fingerprint density at radius 3 is 2.64 bits per heavy atom. The highest BCUT2D eigenvalue weighted by Crippen LogP contribution is 2.34. The molecule has 36 heavy (non-hydrogen) atoms. The summed E-state index contributed by atoms with van der Waals surface area (Å²) in [5, 5.41) is 16.8. The van der Waals surface area contributed by atoms with Crippen molar-refractivity contribution in [1.29, 1.82) is 0 Å². The molecule has 0 fully saturated rings. The molecule has 1 aromatic carbocycles. The molecule has 3 heterocycles. The van der Waals surface area contributed by atoms with Crippen LogP contribution in [0.2, 0.25) is 0 Å². The first-order valence-corrected chi connectivity index (χ1v) is 11.4. The Morgan fingerprint density at radius 1 is 1.19 bits per heavy atom. The number of furan rings is 1. The number of anilines is 2. The van der Waals surface area contributed by atoms with E-state index in [2.05, 4.69) is 15.6 Å². The molecule has 188 valence electrons. The van der Waals surface area contributed by atoms with Crippen LogP contribution in [0.3, 0.4) is 0 Å². The number of phenols is 1. The molecular formula is C26H28N4O6. The Morgan fingerprint density at radius 2 is 2.00 bits per heavy atom. The van der Waals surface area contributed by atoms with Crippen LogP contribution in [0.25, 0.3) is 11.0 Å². The Balaban J connectivity index is 1.75. The molecule has 1 amide bonds. The topological polar surface area (TPSA) is 128 Å². The number of aromatic hydroxyl groups is 1. The summed E-state index contributed by atoms with van der Waals surface area (Å²) in [5.74, 6) is -0.377. The van der Waals surface area contributed by atoms with Crippen LogP contribution < -0.4 is 15.4 Å². The summed E-state index contributed by atoms with van der Waals surface area (Å²) in [6, 6.07) is 8.49. The van der Waals surface area contributed by atoms with Gasteiger partial charge >= 0.3 is 5.97 Å². The van der Waals surface area contributed by atoms with Gasteiger partial charge in [0.15, 0.2) is 17.2 Å². The zero-order valence-electron chi connectivity index (χ0n) is 20.5. The number of ether oxygens (including phenoxy) is 2. The SMILES string of the molecule is COC(=O)c1c(NC(=O)c2ccoc2)c2cc(NCc3ccc(OC)c(O)c3)cnc2n1CC(C)C. The van der Waals surface area contributed by atoms with Gasteiger partial charge in [-0.1, -0.05) is 19.9 Å². The van der Waals surface area contributed by atoms with Gasteiger partial charge in [-0.05, 0) is 35.7 Å². The number of amides is 1. The minimum atomic E-state index is -0.584. The highest BCUT2D eigenvalue weighted by molar-refractivity contribution is 6.14. The molecule has 0 spiro atoms. The van der Waals surface area contributed by atoms with Gasteiger partial charge in [-0.15, -0.1) is 0 Å². The van der Waals surface area contributed by atoms with Crippen LogP contribution in [0.1, 0.15) is 40.3 Å². The van der Waals surface area contributed by atoms with Gasteiger partial charge < -0.3 is 34.2 Å². The molecule has 10 heteroatoms. The molecule has 0 atom stereocenters. The minimum Gasteiger partial charge on any atom is -0.504 e. The van der Waals surface area contributed by atoms with Gasteiger partial charge in [0, 0.05) is 18.5 Å². The quantitative estimate of drug-likeness (QED) is 0.288. The van der Waals surface area contributed by atoms with Crippen molar-refractivity contribution in [2.45, 2.75) is 26.9 Å². The van der Waals surface area contributed by atoms with Crippen LogP contribution in [0.15, 0.2) is 53.5 Å². The van der Waals surface area contributed by atoms with Crippen LogP contribution in [0, 0.1) is 5.92 Å². The number of hydrogen-bond donors (Lipinski definition) is 3. The van der Waals surface area contributed by atoms with Crippen molar-refractivity contribution < 1.29 is 28.6 Å². The number of nitrogens with one attached hydrogen (secondary N) is 2. The Kier molecular flexibility index (Phi) is 7.14. The van der Waals surface area contributed by atoms with Crippen LogP contribution in [-0.2, 0) is 17.8 Å². The maximum atomic E-state index is 12.9. The van der Waals surface area contributed by atoms with Gasteiger partial charge in [0.2, 0.25) is 0 Å². The smallest absolute Gasteiger partial charge is 0.356 e. The Hall–Kier alpha value is -4.47. The predicted molar refractivity (Wildman–Crippen MR) is 135 cm³/mol. The summed E-state index contributed by atoms with van der Waals surface area (Å²) in [7, 11) is 2.79. The van der Waals surface area contributed by atoms with Gasteiger partial charge in [-0.3, -0.25) is 4.79 Å². The second kappa shape index (κ2) is 10.4. The highest BCUT2D eigenvalue weighted by atomic mass is 16.5. The first-order valence-electron chi connectivity index (χ1n) is 11.4. The summed E-state index contributed by atoms with van der Waals surface area (Å²) in [6.45, 7) is 4.94. The fraction of sp³-hybridized carbons (Fsp3) is 0.269. The van der Waals surface area contributed by atoms with Gasteiger partial charge in [0.1, 0.15) is 11.9 Å². The Labute approximate surface area is 207 Å². The van der Waals surface area contributed by atoms with E-state index < -0.39 is 11.9 Å². The molecule has 10 nitrogen and oxygen atoms in total. The van der Waals surface area contributed by atoms with Crippen LogP contribution >= 0.6 is 0 Å². The first kappa shape index (κ1) is 24.6. The average molecular weight is 493 g/mol. The van der Waals surface area contributed by atoms with E-state index in [0.717, 1.165) is 5.56 Å². The minimum absolute atomic E-state index is 0.0445. The molecule has 0 aliphatic rings. The predicted octanol–water partition coefficient (Wildman–Crippen LogP) is 4.65. The average Bonchev–Trinajstić information content (AvgIpc) is 3.50. The number of benzene rings is 1. The molecule has 0 aliphatic heterocycles. The molecule has 4 aromatic rings. The lowest BCUT2D eigenvalue weighted by Gasteiger charge is -2.12. The normalized spacial score (nSPS) is 11.0. The van der Waals surface area contributed by atoms with Crippen molar-refractivity contribution in [3.05, 3.63) is 65.9 Å². The number of esters is 1. The largest absolute Gasteiger partial charge is 0.504 e. The number of nitrogens with zero attached hydrogens (tertiary/aromatic N) is 2. The van der Waals surface area contributed by atoms with E-state index in [-0.39, 0.29) is 17.4 Å². The second-order valence-electron chi connectivity index (χ2n) is 8.64. The van der Waals surface area contributed by atoms with Gasteiger partial charge in [0.25, 0.3) is 5.91 Å². The number of pyridine rings is 1. The molecular weight excluding hydrogens is 464 g/mol. The number of rotatable bonds is 9. The first-order chi connectivity index (χ1) is 17.3. The summed E-state index contributed by atoms with van der Waals surface area (Å²) >= 11 is 0. The van der Waals surface area contributed by atoms with E-state index in [4.69, 9.17) is 13.9 Å². The fourth-order valence-electron chi connectivity index (χ4n) is 3.93. The van der Waals surface area contributed by atoms with Gasteiger partial charge in [-0.25, -0.2) is 9.78 Å². The number of carbonyl (C=O) groups is 2. The van der Waals surface area contributed by atoms with Gasteiger partial charge in [-0.2, -0.15) is 0 Å². The van der Waals surface area contributed by atoms with Gasteiger partial charge in [0.05, 0.1) is 43.6 Å². The molecule has 3 N–H and O–H groups in total. The molecule has 0 aliphatic carbocycles. The fourth-order valence-corrected chi connectivity index (χ4v) is 3.93. The number of carbonyl (C=O) groups excluding carboxylic acids is 2. The summed E-state index contributed by atoms with van der Waals surface area (Å²) in [5.41, 5.74) is 2.87. The highest BCUT2D eigenvalue weighted by Gasteiger charge is 2.27. The van der Waals surface area contributed by atoms with Crippen LogP contribution in [-0.4, -0.2) is 40.8 Å². The third kappa shape index (κ3) is 4.97. The summed E-state index contributed by atoms with van der Waals surface area (Å²) in [6.07, 6.45) is 4.39. The molecule has 3 aromatic heterocycles. The van der Waals surface area contributed by atoms with E-state index in [9.17, 15) is 14.7 Å². The monoisotopic (exact) mass is 492 g/mol. The van der Waals surface area contributed by atoms with Crippen molar-refractivity contribution in [3.8, 4) is 11.5 Å². The summed E-state index contributed by atoms with van der Waals surface area (Å²) in [4.78, 5) is 30.4. The number of fused-ring (bicyclic) bond motifs is 1. The molecule has 0 radical (unpaired) electrons. The maximum absolute atomic E-state index is 12.9. The van der Waals surface area contributed by atoms with E-state index in [1.807, 2.05) is 26.0 Å². The molecule has 0 saturated carbocycles. The number of hydrogen-bond acceptors (Lipinski definition) is 8. The molecule has 4 rings (SSSR count). The van der Waals surface area contributed by atoms with E-state index >= 15 is 0 Å². The second-order valence-corrected chi connectivity index (χ2v) is 8.64. The van der Waals surface area contributed by atoms with E-state index in [1.54, 1.807) is 22.9 Å². The Bertz CT molecular complexity index is 1390. The standard InChI is InChI=1S/C26H28N4O6/c1-15(2)13-30-23(26(33)35-4)22(29-25(32)17-7-8-36-14-17)19-10-18(12-28-24(19)30)27-11-16-5-6-21(34-3)20(31)9-16/h5-10,12,14-15,27,31H,11,13H2,1-4H3,(H,29,32). The van der Waals surface area contributed by atoms with Crippen molar-refractivity contribution in [2.75, 3.05) is 24.9 Å². The van der Waals surface area contributed by atoms with E-state index in [1.165, 1.54) is 32.8 Å². The van der Waals surface area contributed by atoms with E-state index in [0.29, 0.717) is 46.8 Å². The third-order valence-electron chi connectivity index (χ3n) is 5.59. The molecule has 0 unspecified atom stereocenters. The van der Waals surface area contributed by atoms with Crippen molar-refractivity contribution >= 4 is 34.3 Å². The van der Waals surface area contributed by atoms with Crippen molar-refractivity contribution in [3.63, 3.8) is 0 Å². The molecule has 0 bridgehead atoms. The molecule has 0 saturated heterocycles. The lowest BCUT2D eigenvalue weighted by Crippen LogP contribution is -2.18. The number of aromatic nitrogens is 2. The zero-order chi connectivity index (χ0) is 25.8. The number of methoxy groups -OCH3 is 2. The lowest BCUT2D eigenvalue weighted by molar-refractivity contribution is 0.0589. The summed E-state index contributed by atoms with van der Waals surface area (Å²) < 4.78 is 16.9. The maximum Gasteiger partial charge on any atom is 0.356 e. The lowest BCUT2D eigenvalue weighted by atomic mass is 10.2. The van der Waals surface area contributed by atoms with Crippen molar-refractivity contribution in [2.24, 2.45) is 5.92 Å². The third-order valence-corrected chi connectivity index (χ3v) is 5.59. The number of phenolic OH excluding ortho intramolecular Hbond substituents is 1. The zero-order valence-corrected chi connectivity index (χ0v) is 20.5. The van der Waals surface area contributed by atoms with Crippen molar-refractivity contribution in [1.82, 2.24) is 9.55 Å². The van der Waals surface area contributed by atoms with Crippen LogP contribution in [0.4, 0.5) is 11.4 Å². The van der Waals surface area contributed by atoms with Crippen LogP contribution in [0.5, 0.6) is 11.5 Å².